The Kier molecular flexibility index (Phi) is 3.78. The summed E-state index contributed by atoms with van der Waals surface area (Å²) < 4.78 is 10.7. The van der Waals surface area contributed by atoms with Crippen molar-refractivity contribution in [2.75, 3.05) is 14.2 Å². The molecular weight excluding hydrogens is 248 g/mol. The number of para-hydroxylation sites is 1. The van der Waals surface area contributed by atoms with Gasteiger partial charge in [-0.25, -0.2) is 0 Å². The maximum atomic E-state index is 6.04. The topological polar surface area (TPSA) is 18.5 Å². The lowest BCUT2D eigenvalue weighted by molar-refractivity contribution is 0.356. The maximum Gasteiger partial charge on any atom is 0.168 e. The normalized spacial score (nSPS) is 10.2. The van der Waals surface area contributed by atoms with Crippen LogP contribution in [0, 0.1) is 6.92 Å². The molecule has 0 atom stereocenters. The summed E-state index contributed by atoms with van der Waals surface area (Å²) in [4.78, 5) is 0. The smallest absolute Gasteiger partial charge is 0.168 e. The summed E-state index contributed by atoms with van der Waals surface area (Å²) in [5.74, 6) is 1.46. The molecule has 0 saturated carbocycles. The van der Waals surface area contributed by atoms with Crippen molar-refractivity contribution in [2.45, 2.75) is 6.92 Å². The number of benzene rings is 2. The first-order valence-electron chi connectivity index (χ1n) is 5.65. The molecule has 0 radical (unpaired) electrons. The summed E-state index contributed by atoms with van der Waals surface area (Å²) >= 11 is 6.04. The van der Waals surface area contributed by atoms with Crippen molar-refractivity contribution < 1.29 is 9.47 Å². The van der Waals surface area contributed by atoms with Crippen LogP contribution in [0.5, 0.6) is 11.5 Å². The van der Waals surface area contributed by atoms with Crippen molar-refractivity contribution in [2.24, 2.45) is 0 Å². The Morgan fingerprint density at radius 2 is 1.78 bits per heavy atom. The minimum atomic E-state index is 0.725. The Morgan fingerprint density at radius 3 is 2.39 bits per heavy atom. The molecule has 0 amide bonds. The van der Waals surface area contributed by atoms with Crippen molar-refractivity contribution in [1.82, 2.24) is 0 Å². The van der Waals surface area contributed by atoms with Gasteiger partial charge in [0.05, 0.1) is 14.2 Å². The van der Waals surface area contributed by atoms with E-state index in [0.717, 1.165) is 33.2 Å². The van der Waals surface area contributed by atoms with Gasteiger partial charge in [-0.05, 0) is 36.2 Å². The zero-order valence-corrected chi connectivity index (χ0v) is 11.4. The van der Waals surface area contributed by atoms with E-state index in [1.54, 1.807) is 14.2 Å². The molecule has 3 heteroatoms. The van der Waals surface area contributed by atoms with Crippen molar-refractivity contribution in [3.05, 3.63) is 47.0 Å². The van der Waals surface area contributed by atoms with Crippen molar-refractivity contribution in [3.63, 3.8) is 0 Å². The lowest BCUT2D eigenvalue weighted by Crippen LogP contribution is -1.93. The van der Waals surface area contributed by atoms with Gasteiger partial charge in [-0.1, -0.05) is 29.8 Å². The molecule has 2 aromatic rings. The van der Waals surface area contributed by atoms with Crippen LogP contribution in [-0.4, -0.2) is 14.2 Å². The van der Waals surface area contributed by atoms with E-state index in [-0.39, 0.29) is 0 Å². The van der Waals surface area contributed by atoms with Gasteiger partial charge in [-0.2, -0.15) is 0 Å². The number of halogens is 1. The quantitative estimate of drug-likeness (QED) is 0.820. The molecule has 94 valence electrons. The lowest BCUT2D eigenvalue weighted by atomic mass is 10.0. The third kappa shape index (κ3) is 2.29. The fraction of sp³-hybridized carbons (Fsp3) is 0.200. The van der Waals surface area contributed by atoms with E-state index in [2.05, 4.69) is 0 Å². The van der Waals surface area contributed by atoms with Gasteiger partial charge in [0.15, 0.2) is 11.5 Å². The van der Waals surface area contributed by atoms with Gasteiger partial charge in [-0.3, -0.25) is 0 Å². The second-order valence-electron chi connectivity index (χ2n) is 4.01. The third-order valence-electron chi connectivity index (χ3n) is 2.87. The summed E-state index contributed by atoms with van der Waals surface area (Å²) in [5.41, 5.74) is 3.10. The van der Waals surface area contributed by atoms with Gasteiger partial charge in [0.1, 0.15) is 0 Å². The molecular formula is C15H15ClO2. The Bertz CT molecular complexity index is 564. The highest BCUT2D eigenvalue weighted by molar-refractivity contribution is 6.31. The Balaban J connectivity index is 2.59. The predicted octanol–water partition coefficient (Wildman–Crippen LogP) is 4.33. The zero-order chi connectivity index (χ0) is 13.1. The van der Waals surface area contributed by atoms with Crippen molar-refractivity contribution in [3.8, 4) is 22.6 Å². The fourth-order valence-electron chi connectivity index (χ4n) is 1.93. The van der Waals surface area contributed by atoms with E-state index in [0.29, 0.717) is 0 Å². The predicted molar refractivity (Wildman–Crippen MR) is 74.7 cm³/mol. The third-order valence-corrected chi connectivity index (χ3v) is 3.30. The summed E-state index contributed by atoms with van der Waals surface area (Å²) in [6.45, 7) is 1.98. The molecule has 2 aromatic carbocycles. The molecule has 0 N–H and O–H groups in total. The van der Waals surface area contributed by atoms with Gasteiger partial charge in [0, 0.05) is 10.6 Å². The van der Waals surface area contributed by atoms with E-state index in [1.807, 2.05) is 43.3 Å². The minimum absolute atomic E-state index is 0.725. The number of hydrogen-bond acceptors (Lipinski definition) is 2. The van der Waals surface area contributed by atoms with Gasteiger partial charge in [-0.15, -0.1) is 0 Å². The number of hydrogen-bond donors (Lipinski definition) is 0. The number of rotatable bonds is 3. The van der Waals surface area contributed by atoms with Crippen LogP contribution >= 0.6 is 11.6 Å². The molecule has 0 aliphatic rings. The van der Waals surface area contributed by atoms with Crippen LogP contribution in [0.3, 0.4) is 0 Å². The van der Waals surface area contributed by atoms with E-state index in [4.69, 9.17) is 21.1 Å². The number of aryl methyl sites for hydroxylation is 1. The highest BCUT2D eigenvalue weighted by Crippen LogP contribution is 2.38. The van der Waals surface area contributed by atoms with Crippen LogP contribution in [0.4, 0.5) is 0 Å². The van der Waals surface area contributed by atoms with Crippen LogP contribution in [0.2, 0.25) is 5.02 Å². The van der Waals surface area contributed by atoms with Gasteiger partial charge < -0.3 is 9.47 Å². The highest BCUT2D eigenvalue weighted by Gasteiger charge is 2.11. The van der Waals surface area contributed by atoms with Crippen molar-refractivity contribution >= 4 is 11.6 Å². The molecule has 0 bridgehead atoms. The highest BCUT2D eigenvalue weighted by atomic mass is 35.5. The van der Waals surface area contributed by atoms with E-state index >= 15 is 0 Å². The van der Waals surface area contributed by atoms with Crippen LogP contribution < -0.4 is 9.47 Å². The zero-order valence-electron chi connectivity index (χ0n) is 10.7. The van der Waals surface area contributed by atoms with Gasteiger partial charge >= 0.3 is 0 Å². The number of ether oxygens (including phenoxy) is 2. The van der Waals surface area contributed by atoms with E-state index < -0.39 is 0 Å². The summed E-state index contributed by atoms with van der Waals surface area (Å²) in [5, 5.41) is 0.764. The van der Waals surface area contributed by atoms with Crippen molar-refractivity contribution in [1.29, 1.82) is 0 Å². The monoisotopic (exact) mass is 262 g/mol. The van der Waals surface area contributed by atoms with Gasteiger partial charge in [0.25, 0.3) is 0 Å². The molecule has 0 aromatic heterocycles. The Hall–Kier alpha value is -1.67. The van der Waals surface area contributed by atoms with Crippen LogP contribution in [0.25, 0.3) is 11.1 Å². The molecule has 0 fully saturated rings. The average molecular weight is 263 g/mol. The lowest BCUT2D eigenvalue weighted by Gasteiger charge is -2.13. The molecule has 0 saturated heterocycles. The molecule has 0 heterocycles. The molecule has 18 heavy (non-hydrogen) atoms. The van der Waals surface area contributed by atoms with Gasteiger partial charge in [0.2, 0.25) is 0 Å². The molecule has 0 spiro atoms. The van der Waals surface area contributed by atoms with Crippen LogP contribution in [0.15, 0.2) is 36.4 Å². The SMILES string of the molecule is COc1cccc(-c2ccc(Cl)c(C)c2)c1OC. The summed E-state index contributed by atoms with van der Waals surface area (Å²) in [6.07, 6.45) is 0. The standard InChI is InChI=1S/C15H15ClO2/c1-10-9-11(7-8-13(10)16)12-5-4-6-14(17-2)15(12)18-3/h4-9H,1-3H3. The molecule has 2 nitrogen and oxygen atoms in total. The van der Waals surface area contributed by atoms with Crippen LogP contribution in [-0.2, 0) is 0 Å². The first-order valence-corrected chi connectivity index (χ1v) is 6.02. The largest absolute Gasteiger partial charge is 0.493 e. The summed E-state index contributed by atoms with van der Waals surface area (Å²) in [7, 11) is 3.28. The Labute approximate surface area is 112 Å². The van der Waals surface area contributed by atoms with E-state index in [1.165, 1.54) is 0 Å². The fourth-order valence-corrected chi connectivity index (χ4v) is 2.04. The molecule has 0 aliphatic heterocycles. The first kappa shape index (κ1) is 12.8. The van der Waals surface area contributed by atoms with Crippen LogP contribution in [0.1, 0.15) is 5.56 Å². The molecule has 0 unspecified atom stereocenters. The first-order chi connectivity index (χ1) is 8.67. The summed E-state index contributed by atoms with van der Waals surface area (Å²) in [6, 6.07) is 11.7. The average Bonchev–Trinajstić information content (AvgIpc) is 2.40. The molecule has 2 rings (SSSR count). The Morgan fingerprint density at radius 1 is 1.00 bits per heavy atom. The second kappa shape index (κ2) is 5.32. The van der Waals surface area contributed by atoms with E-state index in [9.17, 15) is 0 Å². The second-order valence-corrected chi connectivity index (χ2v) is 4.41. The number of methoxy groups -OCH3 is 2. The maximum absolute atomic E-state index is 6.04. The minimum Gasteiger partial charge on any atom is -0.493 e. The molecule has 0 aliphatic carbocycles.